The lowest BCUT2D eigenvalue weighted by Gasteiger charge is -2.16. The summed E-state index contributed by atoms with van der Waals surface area (Å²) in [6.07, 6.45) is 6.63. The minimum Gasteiger partial charge on any atom is -0.207 e. The summed E-state index contributed by atoms with van der Waals surface area (Å²) in [6, 6.07) is 3.69. The van der Waals surface area contributed by atoms with E-state index >= 15 is 0 Å². The predicted octanol–water partition coefficient (Wildman–Crippen LogP) is 4.85. The Labute approximate surface area is 110 Å². The van der Waals surface area contributed by atoms with Crippen LogP contribution in [0, 0.1) is 17.6 Å². The molecule has 1 aliphatic rings. The summed E-state index contributed by atoms with van der Waals surface area (Å²) in [5, 5.41) is 0. The van der Waals surface area contributed by atoms with Gasteiger partial charge in [0.2, 0.25) is 0 Å². The molecule has 0 heterocycles. The van der Waals surface area contributed by atoms with E-state index in [1.165, 1.54) is 43.9 Å². The smallest absolute Gasteiger partial charge is 0.126 e. The van der Waals surface area contributed by atoms with E-state index in [0.717, 1.165) is 6.42 Å². The zero-order valence-electron chi connectivity index (χ0n) is 9.76. The molecule has 2 rings (SSSR count). The Bertz CT molecular complexity index is 372. The van der Waals surface area contributed by atoms with Crippen LogP contribution in [-0.2, 0) is 6.42 Å². The molecule has 0 aliphatic heterocycles. The maximum atomic E-state index is 13.4. The summed E-state index contributed by atoms with van der Waals surface area (Å²) >= 11 is 3.69. The highest BCUT2D eigenvalue weighted by molar-refractivity contribution is 9.09. The average Bonchev–Trinajstić information content (AvgIpc) is 2.83. The van der Waals surface area contributed by atoms with Crippen LogP contribution in [-0.4, -0.2) is 4.83 Å². The minimum atomic E-state index is -0.353. The molecule has 1 aliphatic carbocycles. The molecule has 0 amide bonds. The van der Waals surface area contributed by atoms with E-state index in [-0.39, 0.29) is 11.6 Å². The van der Waals surface area contributed by atoms with Crippen LogP contribution in [0.15, 0.2) is 18.2 Å². The molecule has 1 atom stereocenters. The third kappa shape index (κ3) is 3.51. The summed E-state index contributed by atoms with van der Waals surface area (Å²) in [6.45, 7) is 0. The molecule has 0 bridgehead atoms. The second kappa shape index (κ2) is 5.94. The van der Waals surface area contributed by atoms with Crippen molar-refractivity contribution in [3.63, 3.8) is 0 Å². The van der Waals surface area contributed by atoms with Crippen molar-refractivity contribution in [2.75, 3.05) is 0 Å². The van der Waals surface area contributed by atoms with Crippen LogP contribution in [0.5, 0.6) is 0 Å². The molecule has 1 aromatic carbocycles. The van der Waals surface area contributed by atoms with Crippen LogP contribution in [0.1, 0.15) is 37.7 Å². The summed E-state index contributed by atoms with van der Waals surface area (Å²) in [5.74, 6) is 0.0672. The van der Waals surface area contributed by atoms with E-state index in [0.29, 0.717) is 22.7 Å². The van der Waals surface area contributed by atoms with Crippen molar-refractivity contribution in [2.24, 2.45) is 5.92 Å². The largest absolute Gasteiger partial charge is 0.207 e. The SMILES string of the molecule is Fc1ccc(F)c(CCC(Br)C2CCCC2)c1. The fourth-order valence-electron chi connectivity index (χ4n) is 2.58. The van der Waals surface area contributed by atoms with Crippen molar-refractivity contribution in [3.05, 3.63) is 35.4 Å². The molecule has 1 saturated carbocycles. The monoisotopic (exact) mass is 302 g/mol. The standard InChI is InChI=1S/C14H17BrF2/c15-13(10-3-1-2-4-10)7-5-11-9-12(16)6-8-14(11)17/h6,8-10,13H,1-5,7H2. The molecule has 1 fully saturated rings. The van der Waals surface area contributed by atoms with Gasteiger partial charge in [-0.1, -0.05) is 28.8 Å². The fourth-order valence-corrected chi connectivity index (χ4v) is 3.34. The molecule has 0 nitrogen and oxygen atoms in total. The van der Waals surface area contributed by atoms with Crippen LogP contribution in [0.25, 0.3) is 0 Å². The van der Waals surface area contributed by atoms with E-state index in [9.17, 15) is 8.78 Å². The van der Waals surface area contributed by atoms with E-state index in [1.54, 1.807) is 0 Å². The Hall–Kier alpha value is -0.440. The van der Waals surface area contributed by atoms with Crippen molar-refractivity contribution in [3.8, 4) is 0 Å². The Morgan fingerprint density at radius 2 is 1.94 bits per heavy atom. The second-order valence-electron chi connectivity index (χ2n) is 4.83. The van der Waals surface area contributed by atoms with Gasteiger partial charge in [-0.05, 0) is 55.4 Å². The number of halogens is 3. The summed E-state index contributed by atoms with van der Waals surface area (Å²) in [7, 11) is 0. The van der Waals surface area contributed by atoms with Gasteiger partial charge in [0.05, 0.1) is 0 Å². The molecule has 1 aromatic rings. The highest BCUT2D eigenvalue weighted by Crippen LogP contribution is 2.33. The first-order chi connectivity index (χ1) is 8.16. The lowest BCUT2D eigenvalue weighted by molar-refractivity contribution is 0.499. The zero-order valence-corrected chi connectivity index (χ0v) is 11.3. The number of rotatable bonds is 4. The van der Waals surface area contributed by atoms with E-state index in [4.69, 9.17) is 0 Å². The third-order valence-electron chi connectivity index (χ3n) is 3.61. The fraction of sp³-hybridized carbons (Fsp3) is 0.571. The topological polar surface area (TPSA) is 0 Å². The van der Waals surface area contributed by atoms with Gasteiger partial charge in [-0.2, -0.15) is 0 Å². The molecule has 94 valence electrons. The molecule has 0 aromatic heterocycles. The van der Waals surface area contributed by atoms with Crippen LogP contribution >= 0.6 is 15.9 Å². The molecule has 1 unspecified atom stereocenters. The summed E-state index contributed by atoms with van der Waals surface area (Å²) in [4.78, 5) is 0.438. The highest BCUT2D eigenvalue weighted by atomic mass is 79.9. The Kier molecular flexibility index (Phi) is 4.55. The van der Waals surface area contributed by atoms with Crippen molar-refractivity contribution in [1.82, 2.24) is 0 Å². The van der Waals surface area contributed by atoms with Gasteiger partial charge in [-0.3, -0.25) is 0 Å². The third-order valence-corrected chi connectivity index (χ3v) is 4.81. The quantitative estimate of drug-likeness (QED) is 0.697. The van der Waals surface area contributed by atoms with Gasteiger partial charge >= 0.3 is 0 Å². The van der Waals surface area contributed by atoms with Gasteiger partial charge < -0.3 is 0 Å². The Balaban J connectivity index is 1.90. The van der Waals surface area contributed by atoms with Crippen LogP contribution in [0.4, 0.5) is 8.78 Å². The molecule has 3 heteroatoms. The second-order valence-corrected chi connectivity index (χ2v) is 6.01. The number of aryl methyl sites for hydroxylation is 1. The number of benzene rings is 1. The van der Waals surface area contributed by atoms with Gasteiger partial charge in [0.25, 0.3) is 0 Å². The lowest BCUT2D eigenvalue weighted by atomic mass is 9.98. The van der Waals surface area contributed by atoms with Gasteiger partial charge in [0.1, 0.15) is 11.6 Å². The molecular weight excluding hydrogens is 286 g/mol. The predicted molar refractivity (Wildman–Crippen MR) is 69.4 cm³/mol. The maximum absolute atomic E-state index is 13.4. The molecule has 0 saturated heterocycles. The van der Waals surface area contributed by atoms with Crippen LogP contribution < -0.4 is 0 Å². The maximum Gasteiger partial charge on any atom is 0.126 e. The van der Waals surface area contributed by atoms with Gasteiger partial charge in [-0.25, -0.2) is 8.78 Å². The number of alkyl halides is 1. The van der Waals surface area contributed by atoms with E-state index in [2.05, 4.69) is 15.9 Å². The van der Waals surface area contributed by atoms with Crippen molar-refractivity contribution >= 4 is 15.9 Å². The van der Waals surface area contributed by atoms with Crippen LogP contribution in [0.2, 0.25) is 0 Å². The molecule has 0 radical (unpaired) electrons. The first-order valence-corrected chi connectivity index (χ1v) is 7.16. The summed E-state index contributed by atoms with van der Waals surface area (Å²) in [5.41, 5.74) is 0.493. The average molecular weight is 303 g/mol. The molecule has 17 heavy (non-hydrogen) atoms. The molecule has 0 N–H and O–H groups in total. The van der Waals surface area contributed by atoms with Crippen molar-refractivity contribution < 1.29 is 8.78 Å². The highest BCUT2D eigenvalue weighted by Gasteiger charge is 2.22. The lowest BCUT2D eigenvalue weighted by Crippen LogP contribution is -2.12. The summed E-state index contributed by atoms with van der Waals surface area (Å²) < 4.78 is 26.4. The Morgan fingerprint density at radius 1 is 1.24 bits per heavy atom. The first-order valence-electron chi connectivity index (χ1n) is 6.25. The zero-order chi connectivity index (χ0) is 12.3. The normalized spacial score (nSPS) is 18.5. The van der Waals surface area contributed by atoms with E-state index < -0.39 is 0 Å². The van der Waals surface area contributed by atoms with Crippen molar-refractivity contribution in [2.45, 2.75) is 43.4 Å². The molecule has 0 spiro atoms. The van der Waals surface area contributed by atoms with Crippen molar-refractivity contribution in [1.29, 1.82) is 0 Å². The van der Waals surface area contributed by atoms with E-state index in [1.807, 2.05) is 0 Å². The Morgan fingerprint density at radius 3 is 2.65 bits per heavy atom. The van der Waals surface area contributed by atoms with Gasteiger partial charge in [-0.15, -0.1) is 0 Å². The van der Waals surface area contributed by atoms with Gasteiger partial charge in [0.15, 0.2) is 0 Å². The van der Waals surface area contributed by atoms with Crippen LogP contribution in [0.3, 0.4) is 0 Å². The number of hydrogen-bond donors (Lipinski definition) is 0. The van der Waals surface area contributed by atoms with Gasteiger partial charge in [0, 0.05) is 4.83 Å². The minimum absolute atomic E-state index is 0.294. The first kappa shape index (κ1) is 13.0. The number of hydrogen-bond acceptors (Lipinski definition) is 0. The molecular formula is C14H17BrF2.